The molecule has 1 aliphatic rings. The van der Waals surface area contributed by atoms with Crippen LogP contribution in [0.4, 0.5) is 0 Å². The molecule has 0 aromatic heterocycles. The van der Waals surface area contributed by atoms with Crippen LogP contribution < -0.4 is 11.1 Å². The average Bonchev–Trinajstić information content (AvgIpc) is 2.55. The number of piperazine rings is 1. The summed E-state index contributed by atoms with van der Waals surface area (Å²) in [6.07, 6.45) is 0. The smallest absolute Gasteiger partial charge is 0.247 e. The summed E-state index contributed by atoms with van der Waals surface area (Å²) in [5.41, 5.74) is 6.10. The number of hydrogen-bond donors (Lipinski definition) is 2. The van der Waals surface area contributed by atoms with Crippen LogP contribution in [0.3, 0.4) is 0 Å². The molecule has 1 aromatic rings. The lowest BCUT2D eigenvalue weighted by atomic mass is 9.91. The minimum atomic E-state index is -1.03. The molecule has 1 heterocycles. The maximum atomic E-state index is 12.8. The quantitative estimate of drug-likeness (QED) is 0.776. The van der Waals surface area contributed by atoms with Crippen LogP contribution in [0.25, 0.3) is 0 Å². The van der Waals surface area contributed by atoms with E-state index in [0.717, 1.165) is 5.56 Å². The maximum Gasteiger partial charge on any atom is 0.247 e. The van der Waals surface area contributed by atoms with E-state index in [0.29, 0.717) is 32.7 Å². The van der Waals surface area contributed by atoms with Gasteiger partial charge in [0.1, 0.15) is 5.54 Å². The van der Waals surface area contributed by atoms with Crippen molar-refractivity contribution < 1.29 is 9.59 Å². The Kier molecular flexibility index (Phi) is 10.2. The van der Waals surface area contributed by atoms with Gasteiger partial charge in [0.25, 0.3) is 0 Å². The zero-order valence-corrected chi connectivity index (χ0v) is 17.2. The first-order valence-corrected chi connectivity index (χ1v) is 8.46. The first-order chi connectivity index (χ1) is 11.3. The Labute approximate surface area is 168 Å². The summed E-state index contributed by atoms with van der Waals surface area (Å²) in [5, 5.41) is 2.89. The summed E-state index contributed by atoms with van der Waals surface area (Å²) in [7, 11) is 0. The van der Waals surface area contributed by atoms with Crippen molar-refractivity contribution in [2.45, 2.75) is 32.4 Å². The lowest BCUT2D eigenvalue weighted by molar-refractivity contribution is -0.138. The van der Waals surface area contributed by atoms with Crippen molar-refractivity contribution in [3.8, 4) is 0 Å². The Morgan fingerprint density at radius 1 is 1.12 bits per heavy atom. The van der Waals surface area contributed by atoms with E-state index in [1.54, 1.807) is 11.8 Å². The van der Waals surface area contributed by atoms with Crippen molar-refractivity contribution in [2.24, 2.45) is 5.73 Å². The van der Waals surface area contributed by atoms with Gasteiger partial charge >= 0.3 is 0 Å². The first-order valence-electron chi connectivity index (χ1n) is 8.46. The van der Waals surface area contributed by atoms with Crippen molar-refractivity contribution >= 4 is 36.6 Å². The highest BCUT2D eigenvalue weighted by Gasteiger charge is 2.35. The summed E-state index contributed by atoms with van der Waals surface area (Å²) in [4.78, 5) is 28.5. The second-order valence-electron chi connectivity index (χ2n) is 6.86. The lowest BCUT2D eigenvalue weighted by Gasteiger charge is -2.38. The highest BCUT2D eigenvalue weighted by molar-refractivity contribution is 5.87. The number of nitrogens with two attached hydrogens (primary N) is 1. The van der Waals surface area contributed by atoms with Gasteiger partial charge in [-0.25, -0.2) is 0 Å². The zero-order chi connectivity index (χ0) is 17.7. The second-order valence-corrected chi connectivity index (χ2v) is 6.86. The Morgan fingerprint density at radius 2 is 1.65 bits per heavy atom. The number of hydrogen-bond acceptors (Lipinski definition) is 4. The SMILES string of the molecule is CC(C)NC(=O)CN1CCN(C(=O)C(C)(N)c2ccccc2)CC1.Cl.Cl. The summed E-state index contributed by atoms with van der Waals surface area (Å²) in [6, 6.07) is 9.59. The second kappa shape index (κ2) is 10.7. The van der Waals surface area contributed by atoms with Gasteiger partial charge < -0.3 is 16.0 Å². The van der Waals surface area contributed by atoms with Crippen LogP contribution in [0.1, 0.15) is 26.3 Å². The third-order valence-electron chi connectivity index (χ3n) is 4.29. The number of halogens is 2. The van der Waals surface area contributed by atoms with Crippen LogP contribution in [0.15, 0.2) is 30.3 Å². The third-order valence-corrected chi connectivity index (χ3v) is 4.29. The van der Waals surface area contributed by atoms with Crippen LogP contribution in [0.5, 0.6) is 0 Å². The largest absolute Gasteiger partial charge is 0.353 e. The maximum absolute atomic E-state index is 12.8. The van der Waals surface area contributed by atoms with E-state index in [4.69, 9.17) is 5.73 Å². The van der Waals surface area contributed by atoms with Gasteiger partial charge in [-0.3, -0.25) is 14.5 Å². The van der Waals surface area contributed by atoms with E-state index < -0.39 is 5.54 Å². The van der Waals surface area contributed by atoms with E-state index in [1.165, 1.54) is 0 Å². The average molecular weight is 405 g/mol. The fraction of sp³-hybridized carbons (Fsp3) is 0.556. The van der Waals surface area contributed by atoms with Crippen molar-refractivity contribution in [3.63, 3.8) is 0 Å². The minimum Gasteiger partial charge on any atom is -0.353 e. The topological polar surface area (TPSA) is 78.7 Å². The predicted molar refractivity (Wildman–Crippen MR) is 109 cm³/mol. The summed E-state index contributed by atoms with van der Waals surface area (Å²) >= 11 is 0. The standard InChI is InChI=1S/C18H28N4O2.2ClH/c1-14(2)20-16(23)13-21-9-11-22(12-10-21)17(24)18(3,19)15-7-5-4-6-8-15;;/h4-8,14H,9-13,19H2,1-3H3,(H,20,23);2*1H. The molecule has 2 rings (SSSR count). The molecule has 1 saturated heterocycles. The summed E-state index contributed by atoms with van der Waals surface area (Å²) in [6.45, 7) is 8.57. The molecule has 0 bridgehead atoms. The van der Waals surface area contributed by atoms with Gasteiger partial charge in [-0.1, -0.05) is 30.3 Å². The highest BCUT2D eigenvalue weighted by atomic mass is 35.5. The summed E-state index contributed by atoms with van der Waals surface area (Å²) < 4.78 is 0. The van der Waals surface area contributed by atoms with Gasteiger partial charge in [0, 0.05) is 32.2 Å². The first kappa shape index (κ1) is 24.7. The molecule has 0 saturated carbocycles. The molecule has 0 radical (unpaired) electrons. The van der Waals surface area contributed by atoms with E-state index in [9.17, 15) is 9.59 Å². The van der Waals surface area contributed by atoms with Crippen molar-refractivity contribution in [3.05, 3.63) is 35.9 Å². The molecule has 1 atom stereocenters. The molecule has 1 fully saturated rings. The van der Waals surface area contributed by atoms with Crippen molar-refractivity contribution in [1.82, 2.24) is 15.1 Å². The predicted octanol–water partition coefficient (Wildman–Crippen LogP) is 1.37. The van der Waals surface area contributed by atoms with Crippen molar-refractivity contribution in [2.75, 3.05) is 32.7 Å². The van der Waals surface area contributed by atoms with Gasteiger partial charge in [-0.2, -0.15) is 0 Å². The number of nitrogens with one attached hydrogen (secondary N) is 1. The minimum absolute atomic E-state index is 0. The molecule has 1 unspecified atom stereocenters. The fourth-order valence-corrected chi connectivity index (χ4v) is 2.92. The number of carbonyl (C=O) groups excluding carboxylic acids is 2. The van der Waals surface area contributed by atoms with Gasteiger partial charge in [0.2, 0.25) is 11.8 Å². The molecule has 8 heteroatoms. The molecule has 1 aliphatic heterocycles. The molecule has 3 N–H and O–H groups in total. The molecule has 1 aromatic carbocycles. The Hall–Kier alpha value is -1.34. The number of carbonyl (C=O) groups is 2. The Morgan fingerprint density at radius 3 is 2.15 bits per heavy atom. The number of amides is 2. The number of rotatable bonds is 5. The van der Waals surface area contributed by atoms with Crippen LogP contribution in [0.2, 0.25) is 0 Å². The highest BCUT2D eigenvalue weighted by Crippen LogP contribution is 2.21. The molecule has 26 heavy (non-hydrogen) atoms. The van der Waals surface area contributed by atoms with Crippen LogP contribution in [-0.4, -0.2) is 60.4 Å². The van der Waals surface area contributed by atoms with Gasteiger partial charge in [-0.05, 0) is 26.3 Å². The fourth-order valence-electron chi connectivity index (χ4n) is 2.92. The molecular weight excluding hydrogens is 375 g/mol. The number of nitrogens with zero attached hydrogens (tertiary/aromatic N) is 2. The van der Waals surface area contributed by atoms with E-state index in [-0.39, 0.29) is 42.7 Å². The molecule has 2 amide bonds. The Bertz CT molecular complexity index is 574. The lowest BCUT2D eigenvalue weighted by Crippen LogP contribution is -2.57. The van der Waals surface area contributed by atoms with Crippen LogP contribution >= 0.6 is 24.8 Å². The monoisotopic (exact) mass is 404 g/mol. The van der Waals surface area contributed by atoms with E-state index in [2.05, 4.69) is 10.2 Å². The molecule has 148 valence electrons. The Balaban J connectivity index is 0.00000312. The van der Waals surface area contributed by atoms with Gasteiger partial charge in [0.15, 0.2) is 0 Å². The number of benzene rings is 1. The van der Waals surface area contributed by atoms with Gasteiger partial charge in [-0.15, -0.1) is 24.8 Å². The van der Waals surface area contributed by atoms with Gasteiger partial charge in [0.05, 0.1) is 6.54 Å². The third kappa shape index (κ3) is 6.43. The molecule has 0 spiro atoms. The van der Waals surface area contributed by atoms with Crippen LogP contribution in [-0.2, 0) is 15.1 Å². The zero-order valence-electron chi connectivity index (χ0n) is 15.6. The van der Waals surface area contributed by atoms with E-state index in [1.807, 2.05) is 44.2 Å². The summed E-state index contributed by atoms with van der Waals surface area (Å²) in [5.74, 6) is -0.0438. The molecule has 6 nitrogen and oxygen atoms in total. The normalized spacial score (nSPS) is 16.9. The van der Waals surface area contributed by atoms with Crippen molar-refractivity contribution in [1.29, 1.82) is 0 Å². The molecular formula is C18H30Cl2N4O2. The van der Waals surface area contributed by atoms with E-state index >= 15 is 0 Å². The molecule has 0 aliphatic carbocycles. The van der Waals surface area contributed by atoms with Crippen LogP contribution in [0, 0.1) is 0 Å².